The lowest BCUT2D eigenvalue weighted by atomic mass is 9.97. The maximum absolute atomic E-state index is 14.0. The van der Waals surface area contributed by atoms with Crippen LogP contribution in [-0.2, 0) is 39.8 Å². The number of nitrogens with zero attached hydrogens (tertiary/aromatic N) is 1. The van der Waals surface area contributed by atoms with Crippen LogP contribution >= 0.6 is 57.9 Å². The Balaban J connectivity index is 1.33. The lowest BCUT2D eigenvalue weighted by Gasteiger charge is -2.56. The summed E-state index contributed by atoms with van der Waals surface area (Å²) in [6.07, 6.45) is -2.94. The van der Waals surface area contributed by atoms with E-state index in [2.05, 4.69) is 10.6 Å². The van der Waals surface area contributed by atoms with Crippen LogP contribution in [0.5, 0.6) is 0 Å². The number of carbonyl (C=O) groups is 5. The van der Waals surface area contributed by atoms with E-state index in [0.29, 0.717) is 21.0 Å². The van der Waals surface area contributed by atoms with E-state index in [1.165, 1.54) is 23.8 Å². The van der Waals surface area contributed by atoms with Crippen molar-refractivity contribution in [3.05, 3.63) is 100 Å². The monoisotopic (exact) mass is 782 g/mol. The van der Waals surface area contributed by atoms with Crippen LogP contribution in [0.3, 0.4) is 0 Å². The molecule has 0 bridgehead atoms. The summed E-state index contributed by atoms with van der Waals surface area (Å²) < 4.78 is 19.8. The molecule has 264 valence electrons. The Labute approximate surface area is 309 Å². The quantitative estimate of drug-likeness (QED) is 0.0722. The number of anilines is 1. The summed E-state index contributed by atoms with van der Waals surface area (Å²) in [7, 11) is 1.26. The van der Waals surface area contributed by atoms with Crippen molar-refractivity contribution in [2.24, 2.45) is 5.73 Å². The predicted octanol–water partition coefficient (Wildman–Crippen LogP) is 5.27. The molecular formula is C32H29Cl3N4O9S2. The van der Waals surface area contributed by atoms with Gasteiger partial charge < -0.3 is 30.0 Å². The molecule has 2 aliphatic heterocycles. The van der Waals surface area contributed by atoms with E-state index in [1.807, 2.05) is 36.4 Å². The number of alkyl halides is 3. The first-order valence-corrected chi connectivity index (χ1v) is 17.7. The van der Waals surface area contributed by atoms with Crippen LogP contribution in [0.4, 0.5) is 14.6 Å². The highest BCUT2D eigenvalue weighted by molar-refractivity contribution is 8.00. The number of methoxy groups -OCH3 is 1. The summed E-state index contributed by atoms with van der Waals surface area (Å²) >= 11 is 19.1. The molecule has 4 N–H and O–H groups in total. The van der Waals surface area contributed by atoms with Gasteiger partial charge >= 0.3 is 18.2 Å². The molecule has 1 saturated heterocycles. The minimum absolute atomic E-state index is 0.114. The maximum atomic E-state index is 14.0. The molecule has 1 aromatic heterocycles. The normalized spacial score (nSPS) is 18.5. The lowest BCUT2D eigenvalue weighted by Crippen LogP contribution is -2.80. The third-order valence-corrected chi connectivity index (χ3v) is 10.1. The second-order valence-corrected chi connectivity index (χ2v) is 15.5. The third-order valence-electron chi connectivity index (χ3n) is 7.36. The van der Waals surface area contributed by atoms with Gasteiger partial charge in [-0.25, -0.2) is 14.4 Å². The van der Waals surface area contributed by atoms with Crippen LogP contribution in [0.25, 0.3) is 0 Å². The minimum atomic E-state index is -1.83. The number of β-lactam (4-membered cyclic amide) rings is 1. The predicted molar refractivity (Wildman–Crippen MR) is 188 cm³/mol. The fourth-order valence-corrected chi connectivity index (χ4v) is 7.66. The fourth-order valence-electron chi connectivity index (χ4n) is 5.18. The van der Waals surface area contributed by atoms with Crippen LogP contribution in [-0.4, -0.2) is 75.8 Å². The molecule has 3 aromatic rings. The standard InChI is InChI=1S/C32H29Cl3N4O9S2/c1-45-32(38-22(40)14-21-12-13-23(50-21)37-30(44)47-17-31(33,34)35)27(42)39-24(20(15-46-29(36)43)16-49-28(32)39)26(41)48-25(18-8-4-2-5-9-18)19-10-6-3-7-11-19/h2-13,25,28H,14-17H2,1H3,(H2,36,43)(H,37,44)(H,38,40)/t28-,32-/m0/s1. The third kappa shape index (κ3) is 8.65. The van der Waals surface area contributed by atoms with Gasteiger partial charge in [0.1, 0.15) is 24.3 Å². The van der Waals surface area contributed by atoms with Crippen molar-refractivity contribution in [2.45, 2.75) is 27.4 Å². The van der Waals surface area contributed by atoms with Crippen molar-refractivity contribution in [3.63, 3.8) is 0 Å². The van der Waals surface area contributed by atoms with Crippen LogP contribution < -0.4 is 16.4 Å². The highest BCUT2D eigenvalue weighted by Crippen LogP contribution is 2.47. The highest BCUT2D eigenvalue weighted by Gasteiger charge is 2.67. The number of hydrogen-bond acceptors (Lipinski definition) is 11. The average Bonchev–Trinajstić information content (AvgIpc) is 3.53. The number of thioether (sulfide) groups is 1. The highest BCUT2D eigenvalue weighted by atomic mass is 35.6. The van der Waals surface area contributed by atoms with Crippen molar-refractivity contribution in [1.29, 1.82) is 0 Å². The van der Waals surface area contributed by atoms with Crippen molar-refractivity contribution < 1.29 is 42.9 Å². The Morgan fingerprint density at radius 3 is 2.22 bits per heavy atom. The molecule has 18 heteroatoms. The van der Waals surface area contributed by atoms with Crippen molar-refractivity contribution in [2.75, 3.05) is 31.4 Å². The molecule has 50 heavy (non-hydrogen) atoms. The van der Waals surface area contributed by atoms with Gasteiger partial charge in [-0.15, -0.1) is 23.1 Å². The Kier molecular flexibility index (Phi) is 11.9. The molecule has 2 atom stereocenters. The molecule has 2 aromatic carbocycles. The van der Waals surface area contributed by atoms with Crippen LogP contribution in [0.1, 0.15) is 22.1 Å². The summed E-state index contributed by atoms with van der Waals surface area (Å²) in [5.74, 6) is -2.05. The average molecular weight is 784 g/mol. The number of ether oxygens (including phenoxy) is 4. The SMILES string of the molecule is CO[C@@]1(NC(=O)Cc2ccc(NC(=O)OCC(Cl)(Cl)Cl)s2)C(=O)N2C(C(=O)OC(c3ccccc3)c3ccccc3)=C(COC(N)=O)CS[C@H]21. The number of nitrogens with one attached hydrogen (secondary N) is 2. The van der Waals surface area contributed by atoms with Gasteiger partial charge in [0, 0.05) is 23.3 Å². The molecule has 0 aliphatic carbocycles. The van der Waals surface area contributed by atoms with Gasteiger partial charge in [0.25, 0.3) is 11.6 Å². The summed E-state index contributed by atoms with van der Waals surface area (Å²) in [4.78, 5) is 66.4. The Hall–Kier alpha value is -3.99. The summed E-state index contributed by atoms with van der Waals surface area (Å²) in [5, 5.41) is 4.63. The van der Waals surface area contributed by atoms with Crippen LogP contribution in [0.2, 0.25) is 0 Å². The number of halogens is 3. The molecule has 13 nitrogen and oxygen atoms in total. The van der Waals surface area contributed by atoms with Gasteiger partial charge in [0.15, 0.2) is 6.10 Å². The van der Waals surface area contributed by atoms with Crippen molar-refractivity contribution in [1.82, 2.24) is 10.2 Å². The van der Waals surface area contributed by atoms with E-state index >= 15 is 0 Å². The lowest BCUT2D eigenvalue weighted by molar-refractivity contribution is -0.193. The second-order valence-electron chi connectivity index (χ2n) is 10.8. The molecule has 1 fully saturated rings. The number of thiophene rings is 1. The van der Waals surface area contributed by atoms with Gasteiger partial charge in [-0.1, -0.05) is 95.5 Å². The van der Waals surface area contributed by atoms with Gasteiger partial charge in [0.2, 0.25) is 9.70 Å². The van der Waals surface area contributed by atoms with Crippen LogP contribution in [0, 0.1) is 0 Å². The van der Waals surface area contributed by atoms with Crippen LogP contribution in [0.15, 0.2) is 84.1 Å². The molecule has 4 amide bonds. The molecule has 5 rings (SSSR count). The van der Waals surface area contributed by atoms with Crippen molar-refractivity contribution >= 4 is 92.9 Å². The Morgan fingerprint density at radius 2 is 1.64 bits per heavy atom. The smallest absolute Gasteiger partial charge is 0.412 e. The Bertz CT molecular complexity index is 1750. The number of amides is 4. The minimum Gasteiger partial charge on any atom is -0.448 e. The summed E-state index contributed by atoms with van der Waals surface area (Å²) in [6.45, 7) is -0.841. The summed E-state index contributed by atoms with van der Waals surface area (Å²) in [6, 6.07) is 21.3. The van der Waals surface area contributed by atoms with Gasteiger partial charge in [-0.2, -0.15) is 0 Å². The first-order chi connectivity index (χ1) is 23.8. The maximum Gasteiger partial charge on any atom is 0.412 e. The summed E-state index contributed by atoms with van der Waals surface area (Å²) in [5.41, 5.74) is 4.88. The second kappa shape index (κ2) is 15.9. The van der Waals surface area contributed by atoms with E-state index in [4.69, 9.17) is 59.5 Å². The zero-order valence-corrected chi connectivity index (χ0v) is 30.0. The molecule has 3 heterocycles. The van der Waals surface area contributed by atoms with E-state index in [9.17, 15) is 24.0 Å². The van der Waals surface area contributed by atoms with E-state index < -0.39 is 57.6 Å². The molecule has 0 unspecified atom stereocenters. The van der Waals surface area contributed by atoms with Crippen molar-refractivity contribution in [3.8, 4) is 0 Å². The van der Waals surface area contributed by atoms with Gasteiger partial charge in [0.05, 0.1) is 11.4 Å². The van der Waals surface area contributed by atoms with Gasteiger partial charge in [-0.3, -0.25) is 19.8 Å². The van der Waals surface area contributed by atoms with E-state index in [1.54, 1.807) is 36.4 Å². The molecule has 2 aliphatic rings. The molecule has 0 saturated carbocycles. The molecule has 0 radical (unpaired) electrons. The topological polar surface area (TPSA) is 176 Å². The number of benzene rings is 2. The molecule has 0 spiro atoms. The number of esters is 1. The number of nitrogens with two attached hydrogens (primary N) is 1. The zero-order chi connectivity index (χ0) is 36.1. The Morgan fingerprint density at radius 1 is 1.00 bits per heavy atom. The van der Waals surface area contributed by atoms with E-state index in [-0.39, 0.29) is 30.1 Å². The van der Waals surface area contributed by atoms with Gasteiger partial charge in [-0.05, 0) is 23.3 Å². The number of hydrogen-bond donors (Lipinski definition) is 3. The fraction of sp³-hybridized carbons (Fsp3) is 0.281. The number of fused-ring (bicyclic) bond motifs is 1. The number of primary amides is 1. The number of rotatable bonds is 12. The zero-order valence-electron chi connectivity index (χ0n) is 26.1. The van der Waals surface area contributed by atoms with E-state index in [0.717, 1.165) is 11.3 Å². The number of carbonyl (C=O) groups excluding carboxylic acids is 5. The largest absolute Gasteiger partial charge is 0.448 e. The molecular weight excluding hydrogens is 755 g/mol. The first-order valence-electron chi connectivity index (χ1n) is 14.7. The first kappa shape index (κ1) is 37.3.